The van der Waals surface area contributed by atoms with Crippen molar-refractivity contribution in [1.82, 2.24) is 0 Å². The Morgan fingerprint density at radius 2 is 1.66 bits per heavy atom. The molecule has 2 heterocycles. The largest absolute Gasteiger partial charge is 0.504 e. The Kier molecular flexibility index (Phi) is 6.74. The van der Waals surface area contributed by atoms with E-state index in [1.54, 1.807) is 6.07 Å². The zero-order valence-electron chi connectivity index (χ0n) is 22.4. The summed E-state index contributed by atoms with van der Waals surface area (Å²) >= 11 is 8.46. The predicted octanol–water partition coefficient (Wildman–Crippen LogP) is 7.32. The molecule has 0 spiro atoms. The smallest absolute Gasteiger partial charge is 0.166 e. The Hall–Kier alpha value is -4.12. The topological polar surface area (TPSA) is 52.8 Å². The molecule has 3 nitrogen and oxygen atoms in total. The van der Waals surface area contributed by atoms with Crippen LogP contribution in [-0.2, 0) is 19.3 Å². The van der Waals surface area contributed by atoms with Gasteiger partial charge < -0.3 is 10.2 Å². The molecule has 0 radical (unpaired) electrons. The molecule has 0 saturated heterocycles. The lowest BCUT2D eigenvalue weighted by atomic mass is 9.83. The zero-order valence-corrected chi connectivity index (χ0v) is 24.0. The molecule has 2 aliphatic carbocycles. The number of phenolic OH excluding ortho intramolecular Hbond substituents is 2. The van der Waals surface area contributed by atoms with Gasteiger partial charge in [0.05, 0.1) is 0 Å². The number of phenols is 2. The fourth-order valence-electron chi connectivity index (χ4n) is 6.34. The fraction of sp³-hybridized carbons (Fsp3) is 0.139. The SMILES string of the molecule is C1=Cc2ccccc2CC=N1.Oc1ccc2c(c1O)=C(Cl)Cc1c3c(ccc1=2)=C(c1cccc2ccsc12)CCC3. The van der Waals surface area contributed by atoms with E-state index in [4.69, 9.17) is 11.6 Å². The Morgan fingerprint density at radius 1 is 0.805 bits per heavy atom. The highest BCUT2D eigenvalue weighted by molar-refractivity contribution is 7.17. The molecular weight excluding hydrogens is 546 g/mol. The third-order valence-electron chi connectivity index (χ3n) is 8.28. The van der Waals surface area contributed by atoms with Crippen LogP contribution in [0, 0.1) is 10.4 Å². The van der Waals surface area contributed by atoms with Crippen LogP contribution < -0.4 is 10.4 Å². The number of nitrogens with zero attached hydrogens (tertiary/aromatic N) is 1. The highest BCUT2D eigenvalue weighted by atomic mass is 35.5. The van der Waals surface area contributed by atoms with Crippen LogP contribution in [-0.4, -0.2) is 16.4 Å². The maximum Gasteiger partial charge on any atom is 0.166 e. The van der Waals surface area contributed by atoms with Crippen LogP contribution in [0.2, 0.25) is 0 Å². The summed E-state index contributed by atoms with van der Waals surface area (Å²) in [5.74, 6) is -0.259. The van der Waals surface area contributed by atoms with E-state index in [1.165, 1.54) is 48.7 Å². The van der Waals surface area contributed by atoms with E-state index < -0.39 is 0 Å². The van der Waals surface area contributed by atoms with Gasteiger partial charge in [-0.05, 0) is 103 Å². The van der Waals surface area contributed by atoms with Gasteiger partial charge in [-0.15, -0.1) is 11.3 Å². The predicted molar refractivity (Wildman–Crippen MR) is 171 cm³/mol. The molecule has 0 atom stereocenters. The van der Waals surface area contributed by atoms with E-state index in [2.05, 4.69) is 71.0 Å². The summed E-state index contributed by atoms with van der Waals surface area (Å²) < 4.78 is 1.36. The first-order valence-corrected chi connectivity index (χ1v) is 15.2. The second-order valence-corrected chi connectivity index (χ2v) is 12.0. The van der Waals surface area contributed by atoms with Gasteiger partial charge in [-0.2, -0.15) is 0 Å². The summed E-state index contributed by atoms with van der Waals surface area (Å²) in [4.78, 5) is 4.08. The molecule has 1 aromatic heterocycles. The number of aliphatic imine (C=N–C) groups is 1. The van der Waals surface area contributed by atoms with Gasteiger partial charge in [0.15, 0.2) is 11.5 Å². The summed E-state index contributed by atoms with van der Waals surface area (Å²) in [6.45, 7) is 0. The first-order chi connectivity index (χ1) is 20.1. The molecule has 5 aromatic rings. The van der Waals surface area contributed by atoms with Crippen LogP contribution in [0.15, 0.2) is 89.4 Å². The third kappa shape index (κ3) is 4.57. The van der Waals surface area contributed by atoms with Gasteiger partial charge in [0.1, 0.15) is 0 Å². The minimum absolute atomic E-state index is 0.127. The summed E-state index contributed by atoms with van der Waals surface area (Å²) in [5.41, 5.74) is 8.03. The summed E-state index contributed by atoms with van der Waals surface area (Å²) in [5, 5.41) is 28.3. The molecule has 3 aliphatic rings. The van der Waals surface area contributed by atoms with Crippen LogP contribution >= 0.6 is 22.9 Å². The van der Waals surface area contributed by atoms with E-state index in [-0.39, 0.29) is 11.5 Å². The van der Waals surface area contributed by atoms with Crippen molar-refractivity contribution < 1.29 is 10.2 Å². The summed E-state index contributed by atoms with van der Waals surface area (Å²) in [6, 6.07) is 24.9. The number of hydrogen-bond donors (Lipinski definition) is 2. The number of aromatic hydroxyl groups is 2. The van der Waals surface area contributed by atoms with E-state index in [0.717, 1.165) is 36.1 Å². The van der Waals surface area contributed by atoms with Crippen LogP contribution in [0.4, 0.5) is 0 Å². The molecule has 4 aromatic carbocycles. The molecule has 0 unspecified atom stereocenters. The van der Waals surface area contributed by atoms with Crippen molar-refractivity contribution in [3.8, 4) is 11.5 Å². The molecule has 5 heteroatoms. The maximum atomic E-state index is 10.4. The monoisotopic (exact) mass is 573 g/mol. The standard InChI is InChI=1S/C26H19ClO2S.C10H9N/c27-22-13-21-16-5-2-4-15(20-6-1-3-14-11-12-30-26(14)20)17(16)7-8-18(21)19-9-10-23(28)25(29)24(19)22;1-2-4-10-6-8-11-7-5-9(10)3-1/h1,3,6-12,28-29H,2,4-5,13H2;1-5,7-8H,6H2. The highest BCUT2D eigenvalue weighted by Gasteiger charge is 2.21. The first kappa shape index (κ1) is 25.8. The molecule has 1 aliphatic heterocycles. The number of thiophene rings is 1. The van der Waals surface area contributed by atoms with Gasteiger partial charge in [-0.25, -0.2) is 0 Å². The number of benzene rings is 4. The molecule has 41 heavy (non-hydrogen) atoms. The number of fused-ring (bicyclic) bond motifs is 6. The minimum Gasteiger partial charge on any atom is -0.504 e. The highest BCUT2D eigenvalue weighted by Crippen LogP contribution is 2.34. The van der Waals surface area contributed by atoms with Crippen LogP contribution in [0.25, 0.3) is 26.8 Å². The molecule has 0 amide bonds. The Labute approximate surface area is 247 Å². The fourth-order valence-corrected chi connectivity index (χ4v) is 7.61. The normalized spacial score (nSPS) is 14.9. The molecule has 0 bridgehead atoms. The second kappa shape index (κ2) is 10.7. The average Bonchev–Trinajstić information content (AvgIpc) is 3.36. The molecule has 8 rings (SSSR count). The Balaban J connectivity index is 0.000000210. The van der Waals surface area contributed by atoms with E-state index in [9.17, 15) is 10.2 Å². The first-order valence-electron chi connectivity index (χ1n) is 13.9. The van der Waals surface area contributed by atoms with Crippen molar-refractivity contribution in [2.24, 2.45) is 4.99 Å². The summed E-state index contributed by atoms with van der Waals surface area (Å²) in [7, 11) is 0. The van der Waals surface area contributed by atoms with Crippen LogP contribution in [0.5, 0.6) is 11.5 Å². The van der Waals surface area contributed by atoms with Gasteiger partial charge in [0.25, 0.3) is 0 Å². The van der Waals surface area contributed by atoms with Crippen molar-refractivity contribution >= 4 is 55.9 Å². The zero-order chi connectivity index (χ0) is 27.9. The Morgan fingerprint density at radius 3 is 2.59 bits per heavy atom. The van der Waals surface area contributed by atoms with E-state index >= 15 is 0 Å². The lowest BCUT2D eigenvalue weighted by molar-refractivity contribution is 0.400. The van der Waals surface area contributed by atoms with Gasteiger partial charge in [-0.3, -0.25) is 4.99 Å². The maximum absolute atomic E-state index is 10.4. The van der Waals surface area contributed by atoms with Gasteiger partial charge in [0.2, 0.25) is 0 Å². The minimum atomic E-state index is -0.132. The van der Waals surface area contributed by atoms with Gasteiger partial charge in [-0.1, -0.05) is 66.2 Å². The Bertz CT molecular complexity index is 2120. The quantitative estimate of drug-likeness (QED) is 0.206. The lowest BCUT2D eigenvalue weighted by Gasteiger charge is -2.22. The lowest BCUT2D eigenvalue weighted by Crippen LogP contribution is -2.24. The molecule has 2 N–H and O–H groups in total. The van der Waals surface area contributed by atoms with Crippen molar-refractivity contribution in [3.63, 3.8) is 0 Å². The number of halogens is 1. The molecule has 0 fully saturated rings. The average molecular weight is 574 g/mol. The molecular formula is C36H28ClNO2S. The van der Waals surface area contributed by atoms with E-state index in [1.807, 2.05) is 35.9 Å². The van der Waals surface area contributed by atoms with Gasteiger partial charge in [0, 0.05) is 40.2 Å². The summed E-state index contributed by atoms with van der Waals surface area (Å²) in [6.07, 6.45) is 10.6. The van der Waals surface area contributed by atoms with Crippen LogP contribution in [0.1, 0.15) is 40.7 Å². The van der Waals surface area contributed by atoms with Crippen molar-refractivity contribution in [2.45, 2.75) is 32.1 Å². The van der Waals surface area contributed by atoms with E-state index in [0.29, 0.717) is 16.7 Å². The number of rotatable bonds is 1. The molecule has 0 saturated carbocycles. The van der Waals surface area contributed by atoms with Gasteiger partial charge >= 0.3 is 0 Å². The number of hydrogen-bond acceptors (Lipinski definition) is 4. The third-order valence-corrected chi connectivity index (χ3v) is 9.56. The van der Waals surface area contributed by atoms with Crippen molar-refractivity contribution in [2.75, 3.05) is 0 Å². The second-order valence-electron chi connectivity index (χ2n) is 10.6. The van der Waals surface area contributed by atoms with Crippen molar-refractivity contribution in [1.29, 1.82) is 0 Å². The molecule has 202 valence electrons. The van der Waals surface area contributed by atoms with Crippen LogP contribution in [0.3, 0.4) is 0 Å². The van der Waals surface area contributed by atoms with Crippen molar-refractivity contribution in [3.05, 3.63) is 133 Å².